The van der Waals surface area contributed by atoms with Crippen LogP contribution in [0.4, 0.5) is 0 Å². The monoisotopic (exact) mass is 479 g/mol. The molecule has 0 radical (unpaired) electrons. The Hall–Kier alpha value is -1.86. The molecule has 5 fully saturated rings. The third-order valence-electron chi connectivity index (χ3n) is 8.61. The molecule has 1 atom stereocenters. The summed E-state index contributed by atoms with van der Waals surface area (Å²) in [5.74, 6) is 3.60. The van der Waals surface area contributed by atoms with Gasteiger partial charge < -0.3 is 5.32 Å². The van der Waals surface area contributed by atoms with Crippen molar-refractivity contribution in [2.45, 2.75) is 87.2 Å². The van der Waals surface area contributed by atoms with Crippen molar-refractivity contribution in [1.29, 1.82) is 0 Å². The van der Waals surface area contributed by atoms with E-state index in [1.165, 1.54) is 57.8 Å². The molecule has 5 aliphatic rings. The number of rotatable bonds is 7. The Labute approximate surface area is 207 Å². The number of hydrogen-bond acceptors (Lipinski definition) is 5. The van der Waals surface area contributed by atoms with E-state index in [2.05, 4.69) is 49.2 Å². The number of aromatic nitrogens is 3. The molecule has 1 N–H and O–H groups in total. The summed E-state index contributed by atoms with van der Waals surface area (Å²) in [7, 11) is 0. The Morgan fingerprint density at radius 1 is 1.03 bits per heavy atom. The second-order valence-electron chi connectivity index (χ2n) is 11.4. The van der Waals surface area contributed by atoms with Crippen LogP contribution < -0.4 is 5.32 Å². The fourth-order valence-corrected chi connectivity index (χ4v) is 8.36. The lowest BCUT2D eigenvalue weighted by Crippen LogP contribution is -2.60. The van der Waals surface area contributed by atoms with Gasteiger partial charge >= 0.3 is 0 Å². The number of carbonyl (C=O) groups is 1. The summed E-state index contributed by atoms with van der Waals surface area (Å²) in [6, 6.07) is 10.3. The summed E-state index contributed by atoms with van der Waals surface area (Å²) < 4.78 is 2.16. The fraction of sp³-hybridized carbons (Fsp3) is 0.667. The van der Waals surface area contributed by atoms with E-state index >= 15 is 0 Å². The third kappa shape index (κ3) is 4.53. The highest BCUT2D eigenvalue weighted by molar-refractivity contribution is 8.00. The molecule has 1 aromatic carbocycles. The Bertz CT molecular complexity index is 980. The topological polar surface area (TPSA) is 63.1 Å². The minimum atomic E-state index is -0.206. The van der Waals surface area contributed by atoms with Gasteiger partial charge in [-0.25, -0.2) is 0 Å². The van der Waals surface area contributed by atoms with E-state index in [0.29, 0.717) is 0 Å². The zero-order valence-corrected chi connectivity index (χ0v) is 21.1. The van der Waals surface area contributed by atoms with Gasteiger partial charge in [0.1, 0.15) is 0 Å². The Balaban J connectivity index is 1.19. The molecular formula is C27H37N5OS. The van der Waals surface area contributed by atoms with Crippen molar-refractivity contribution in [2.75, 3.05) is 13.1 Å². The molecule has 1 unspecified atom stereocenters. The average Bonchev–Trinajstić information content (AvgIpc) is 3.20. The smallest absolute Gasteiger partial charge is 0.233 e. The van der Waals surface area contributed by atoms with E-state index in [9.17, 15) is 4.79 Å². The molecule has 1 amide bonds. The first-order valence-electron chi connectivity index (χ1n) is 13.3. The van der Waals surface area contributed by atoms with Gasteiger partial charge in [-0.1, -0.05) is 36.4 Å². The van der Waals surface area contributed by atoms with Gasteiger partial charge in [0.15, 0.2) is 11.0 Å². The zero-order chi connectivity index (χ0) is 23.1. The van der Waals surface area contributed by atoms with Crippen LogP contribution >= 0.6 is 11.8 Å². The maximum absolute atomic E-state index is 13.4. The van der Waals surface area contributed by atoms with Crippen LogP contribution in [-0.4, -0.2) is 49.4 Å². The predicted octanol–water partition coefficient (Wildman–Crippen LogP) is 4.82. The van der Waals surface area contributed by atoms with Crippen LogP contribution in [0.3, 0.4) is 0 Å². The molecule has 7 rings (SSSR count). The van der Waals surface area contributed by atoms with Crippen LogP contribution in [0.2, 0.25) is 0 Å². The van der Waals surface area contributed by atoms with E-state index in [4.69, 9.17) is 0 Å². The first-order chi connectivity index (χ1) is 16.6. The van der Waals surface area contributed by atoms with Crippen molar-refractivity contribution in [3.8, 4) is 5.69 Å². The minimum Gasteiger partial charge on any atom is -0.350 e. The third-order valence-corrected chi connectivity index (χ3v) is 9.65. The summed E-state index contributed by atoms with van der Waals surface area (Å²) in [5.41, 5.74) is 1.11. The zero-order valence-electron chi connectivity index (χ0n) is 20.3. The molecule has 4 bridgehead atoms. The largest absolute Gasteiger partial charge is 0.350 e. The van der Waals surface area contributed by atoms with Crippen molar-refractivity contribution in [3.05, 3.63) is 36.2 Å². The fourth-order valence-electron chi connectivity index (χ4n) is 7.47. The van der Waals surface area contributed by atoms with Crippen molar-refractivity contribution in [1.82, 2.24) is 25.0 Å². The van der Waals surface area contributed by atoms with Crippen LogP contribution in [-0.2, 0) is 11.3 Å². The number of likely N-dealkylation sites (tertiary alicyclic amines) is 1. The molecule has 182 valence electrons. The summed E-state index contributed by atoms with van der Waals surface area (Å²) in [5, 5.41) is 13.3. The van der Waals surface area contributed by atoms with E-state index in [0.717, 1.165) is 54.1 Å². The summed E-state index contributed by atoms with van der Waals surface area (Å²) in [6.45, 7) is 5.06. The Kier molecular flexibility index (Phi) is 6.18. The van der Waals surface area contributed by atoms with E-state index in [1.54, 1.807) is 11.8 Å². The van der Waals surface area contributed by atoms with Crippen molar-refractivity contribution < 1.29 is 4.79 Å². The number of nitrogens with zero attached hydrogens (tertiary/aromatic N) is 4. The number of benzene rings is 1. The number of hydrogen-bond donors (Lipinski definition) is 1. The van der Waals surface area contributed by atoms with Crippen LogP contribution in [0.5, 0.6) is 0 Å². The highest BCUT2D eigenvalue weighted by atomic mass is 32.2. The van der Waals surface area contributed by atoms with Gasteiger partial charge in [-0.05, 0) is 101 Å². The normalized spacial score (nSPS) is 31.5. The van der Waals surface area contributed by atoms with Crippen LogP contribution in [0, 0.1) is 17.8 Å². The second-order valence-corrected chi connectivity index (χ2v) is 12.7. The number of thioether (sulfide) groups is 1. The van der Waals surface area contributed by atoms with Crippen molar-refractivity contribution in [2.24, 2.45) is 17.8 Å². The molecule has 0 spiro atoms. The van der Waals surface area contributed by atoms with Crippen LogP contribution in [0.15, 0.2) is 35.5 Å². The van der Waals surface area contributed by atoms with Crippen LogP contribution in [0.1, 0.15) is 70.5 Å². The number of carbonyl (C=O) groups excluding carboxylic acids is 1. The van der Waals surface area contributed by atoms with Gasteiger partial charge in [-0.15, -0.1) is 10.2 Å². The lowest BCUT2D eigenvalue weighted by Gasteiger charge is -2.57. The Morgan fingerprint density at radius 3 is 2.32 bits per heavy atom. The molecule has 4 saturated carbocycles. The Morgan fingerprint density at radius 2 is 1.68 bits per heavy atom. The quantitative estimate of drug-likeness (QED) is 0.577. The first-order valence-corrected chi connectivity index (χ1v) is 14.2. The maximum Gasteiger partial charge on any atom is 0.233 e. The van der Waals surface area contributed by atoms with Crippen molar-refractivity contribution >= 4 is 17.7 Å². The second kappa shape index (κ2) is 9.30. The minimum absolute atomic E-state index is 0.0488. The summed E-state index contributed by atoms with van der Waals surface area (Å²) in [4.78, 5) is 15.9. The number of para-hydroxylation sites is 1. The first kappa shape index (κ1) is 22.6. The molecule has 1 aromatic heterocycles. The van der Waals surface area contributed by atoms with Crippen molar-refractivity contribution in [3.63, 3.8) is 0 Å². The van der Waals surface area contributed by atoms with E-state index in [1.807, 2.05) is 13.0 Å². The highest BCUT2D eigenvalue weighted by Gasteiger charge is 2.51. The summed E-state index contributed by atoms with van der Waals surface area (Å²) >= 11 is 1.54. The van der Waals surface area contributed by atoms with Gasteiger partial charge in [-0.2, -0.15) is 0 Å². The molecular weight excluding hydrogens is 442 g/mol. The van der Waals surface area contributed by atoms with Gasteiger partial charge in [-0.3, -0.25) is 14.3 Å². The SMILES string of the molecule is CC(Sc1nnc(CN2CCCCC2)n1-c1ccccc1)C(=O)NC12CC3CC(CC(C3)C1)C2. The van der Waals surface area contributed by atoms with Gasteiger partial charge in [0.25, 0.3) is 0 Å². The number of nitrogens with one attached hydrogen (secondary N) is 1. The van der Waals surface area contributed by atoms with E-state index in [-0.39, 0.29) is 16.7 Å². The molecule has 34 heavy (non-hydrogen) atoms. The molecule has 1 saturated heterocycles. The van der Waals surface area contributed by atoms with Crippen LogP contribution in [0.25, 0.3) is 5.69 Å². The highest BCUT2D eigenvalue weighted by Crippen LogP contribution is 2.55. The molecule has 2 aromatic rings. The van der Waals surface area contributed by atoms with Gasteiger partial charge in [0.05, 0.1) is 11.8 Å². The molecule has 4 aliphatic carbocycles. The van der Waals surface area contributed by atoms with Gasteiger partial charge in [0, 0.05) is 11.2 Å². The molecule has 6 nitrogen and oxygen atoms in total. The molecule has 2 heterocycles. The van der Waals surface area contributed by atoms with E-state index < -0.39 is 0 Å². The average molecular weight is 480 g/mol. The number of piperidine rings is 1. The molecule has 1 aliphatic heterocycles. The predicted molar refractivity (Wildman–Crippen MR) is 135 cm³/mol. The van der Waals surface area contributed by atoms with Gasteiger partial charge in [0.2, 0.25) is 5.91 Å². The lowest BCUT2D eigenvalue weighted by atomic mass is 9.53. The summed E-state index contributed by atoms with van der Waals surface area (Å²) in [6.07, 6.45) is 11.5. The standard InChI is InChI=1S/C27H37N5OS/c1-19(25(33)28-27-15-20-12-21(16-27)14-22(13-20)17-27)34-26-30-29-24(18-31-10-6-3-7-11-31)32(26)23-8-4-2-5-9-23/h2,4-5,8-9,19-22H,3,6-7,10-18H2,1H3,(H,28,33). The lowest BCUT2D eigenvalue weighted by molar-refractivity contribution is -0.126. The number of amides is 1. The molecule has 7 heteroatoms. The maximum atomic E-state index is 13.4.